The van der Waals surface area contributed by atoms with Gasteiger partial charge >= 0.3 is 0 Å². The van der Waals surface area contributed by atoms with Crippen LogP contribution in [0.4, 0.5) is 0 Å². The molecule has 0 aromatic carbocycles. The molecule has 1 saturated carbocycles. The van der Waals surface area contributed by atoms with Crippen LogP contribution in [0.1, 0.15) is 34.1 Å². The van der Waals surface area contributed by atoms with Gasteiger partial charge in [-0.1, -0.05) is 39.3 Å². The Hall–Kier alpha value is -0.260. The first kappa shape index (κ1) is 6.85. The van der Waals surface area contributed by atoms with Gasteiger partial charge < -0.3 is 0 Å². The van der Waals surface area contributed by atoms with Crippen molar-refractivity contribution in [3.8, 4) is 0 Å². The molecule has 1 atom stereocenters. The molecule has 0 amide bonds. The summed E-state index contributed by atoms with van der Waals surface area (Å²) in [5.74, 6) is 0.893. The molecule has 1 rings (SSSR count). The van der Waals surface area contributed by atoms with E-state index in [2.05, 4.69) is 33.8 Å². The Bertz CT molecular complexity index is 135. The molecule has 0 radical (unpaired) electrons. The van der Waals surface area contributed by atoms with Gasteiger partial charge in [0.1, 0.15) is 0 Å². The summed E-state index contributed by atoms with van der Waals surface area (Å²) in [6, 6.07) is 0. The summed E-state index contributed by atoms with van der Waals surface area (Å²) in [6.07, 6.45) is 3.74. The van der Waals surface area contributed by atoms with Crippen molar-refractivity contribution in [1.82, 2.24) is 0 Å². The van der Waals surface area contributed by atoms with Crippen LogP contribution in [-0.4, -0.2) is 0 Å². The van der Waals surface area contributed by atoms with Crippen LogP contribution in [0.15, 0.2) is 11.6 Å². The average molecular weight is 124 g/mol. The zero-order valence-electron chi connectivity index (χ0n) is 6.86. The fourth-order valence-corrected chi connectivity index (χ4v) is 1.05. The van der Waals surface area contributed by atoms with Crippen molar-refractivity contribution in [3.63, 3.8) is 0 Å². The molecular weight excluding hydrogens is 108 g/mol. The fraction of sp³-hybridized carbons (Fsp3) is 0.778. The zero-order valence-corrected chi connectivity index (χ0v) is 6.86. The average Bonchev–Trinajstić information content (AvgIpc) is 2.13. The maximum Gasteiger partial charge on any atom is -0.0194 e. The van der Waals surface area contributed by atoms with Crippen molar-refractivity contribution in [2.75, 3.05) is 0 Å². The van der Waals surface area contributed by atoms with Crippen LogP contribution in [0.25, 0.3) is 0 Å². The second kappa shape index (κ2) is 1.86. The standard InChI is InChI=1S/C9H16/c1-7-5-8(7)6-9(2,3)4/h6-7H,5H2,1-4H3. The van der Waals surface area contributed by atoms with Crippen LogP contribution < -0.4 is 0 Å². The van der Waals surface area contributed by atoms with Crippen molar-refractivity contribution in [2.45, 2.75) is 34.1 Å². The molecule has 9 heavy (non-hydrogen) atoms. The maximum absolute atomic E-state index is 2.40. The fourth-order valence-electron chi connectivity index (χ4n) is 1.05. The van der Waals surface area contributed by atoms with Crippen LogP contribution in [-0.2, 0) is 0 Å². The first-order valence-electron chi connectivity index (χ1n) is 3.71. The van der Waals surface area contributed by atoms with Gasteiger partial charge in [-0.25, -0.2) is 0 Å². The molecular formula is C9H16. The molecule has 0 bridgehead atoms. The molecule has 0 saturated heterocycles. The van der Waals surface area contributed by atoms with Crippen molar-refractivity contribution >= 4 is 0 Å². The van der Waals surface area contributed by atoms with E-state index in [4.69, 9.17) is 0 Å². The molecule has 0 aromatic rings. The Balaban J connectivity index is 2.51. The summed E-state index contributed by atoms with van der Waals surface area (Å²) in [4.78, 5) is 0. The van der Waals surface area contributed by atoms with Gasteiger partial charge in [-0.05, 0) is 17.8 Å². The minimum atomic E-state index is 0.403. The van der Waals surface area contributed by atoms with Gasteiger partial charge in [0.15, 0.2) is 0 Å². The third kappa shape index (κ3) is 2.21. The number of allylic oxidation sites excluding steroid dienone is 2. The molecule has 1 fully saturated rings. The van der Waals surface area contributed by atoms with Gasteiger partial charge in [-0.15, -0.1) is 0 Å². The van der Waals surface area contributed by atoms with Crippen LogP contribution >= 0.6 is 0 Å². The lowest BCUT2D eigenvalue weighted by atomic mass is 9.96. The molecule has 1 aliphatic carbocycles. The third-order valence-electron chi connectivity index (χ3n) is 1.63. The van der Waals surface area contributed by atoms with E-state index in [0.717, 1.165) is 5.92 Å². The highest BCUT2D eigenvalue weighted by Crippen LogP contribution is 2.39. The Morgan fingerprint density at radius 3 is 2.00 bits per heavy atom. The number of hydrogen-bond acceptors (Lipinski definition) is 0. The van der Waals surface area contributed by atoms with Crippen molar-refractivity contribution < 1.29 is 0 Å². The topological polar surface area (TPSA) is 0 Å². The molecule has 0 N–H and O–H groups in total. The summed E-state index contributed by atoms with van der Waals surface area (Å²) in [7, 11) is 0. The number of rotatable bonds is 0. The Kier molecular flexibility index (Phi) is 1.42. The van der Waals surface area contributed by atoms with E-state index in [0.29, 0.717) is 5.41 Å². The van der Waals surface area contributed by atoms with E-state index in [9.17, 15) is 0 Å². The molecule has 1 unspecified atom stereocenters. The second-order valence-corrected chi connectivity index (χ2v) is 4.19. The van der Waals surface area contributed by atoms with Crippen molar-refractivity contribution in [2.24, 2.45) is 11.3 Å². The van der Waals surface area contributed by atoms with Crippen LogP contribution in [0, 0.1) is 11.3 Å². The van der Waals surface area contributed by atoms with Crippen molar-refractivity contribution in [1.29, 1.82) is 0 Å². The molecule has 1 aliphatic rings. The van der Waals surface area contributed by atoms with E-state index in [-0.39, 0.29) is 0 Å². The lowest BCUT2D eigenvalue weighted by molar-refractivity contribution is 0.542. The summed E-state index contributed by atoms with van der Waals surface area (Å²) in [6.45, 7) is 9.05. The molecule has 0 heteroatoms. The maximum atomic E-state index is 2.40. The molecule has 0 spiro atoms. The van der Waals surface area contributed by atoms with E-state index in [1.54, 1.807) is 5.57 Å². The summed E-state index contributed by atoms with van der Waals surface area (Å²) in [5.41, 5.74) is 2.06. The molecule has 0 heterocycles. The van der Waals surface area contributed by atoms with E-state index in [1.165, 1.54) is 6.42 Å². The predicted molar refractivity (Wildman–Crippen MR) is 41.3 cm³/mol. The zero-order chi connectivity index (χ0) is 7.07. The third-order valence-corrected chi connectivity index (χ3v) is 1.63. The van der Waals surface area contributed by atoms with Gasteiger partial charge in [-0.2, -0.15) is 0 Å². The summed E-state index contributed by atoms with van der Waals surface area (Å²) < 4.78 is 0. The molecule has 0 nitrogen and oxygen atoms in total. The first-order chi connectivity index (χ1) is 3.99. The van der Waals surface area contributed by atoms with Gasteiger partial charge in [0.05, 0.1) is 0 Å². The Morgan fingerprint density at radius 1 is 1.44 bits per heavy atom. The number of hydrogen-bond donors (Lipinski definition) is 0. The minimum Gasteiger partial charge on any atom is -0.0796 e. The first-order valence-corrected chi connectivity index (χ1v) is 3.71. The monoisotopic (exact) mass is 124 g/mol. The van der Waals surface area contributed by atoms with E-state index in [1.807, 2.05) is 0 Å². The quantitative estimate of drug-likeness (QED) is 0.435. The SMILES string of the molecule is CC1CC1=CC(C)(C)C. The summed E-state index contributed by atoms with van der Waals surface area (Å²) in [5, 5.41) is 0. The van der Waals surface area contributed by atoms with Crippen molar-refractivity contribution in [3.05, 3.63) is 11.6 Å². The van der Waals surface area contributed by atoms with E-state index >= 15 is 0 Å². The molecule has 0 aromatic heterocycles. The summed E-state index contributed by atoms with van der Waals surface area (Å²) >= 11 is 0. The normalized spacial score (nSPS) is 31.1. The minimum absolute atomic E-state index is 0.403. The lowest BCUT2D eigenvalue weighted by Crippen LogP contribution is -1.98. The predicted octanol–water partition coefficient (Wildman–Crippen LogP) is 3.00. The van der Waals surface area contributed by atoms with Gasteiger partial charge in [-0.3, -0.25) is 0 Å². The van der Waals surface area contributed by atoms with Gasteiger partial charge in [0.2, 0.25) is 0 Å². The molecule has 52 valence electrons. The second-order valence-electron chi connectivity index (χ2n) is 4.19. The lowest BCUT2D eigenvalue weighted by Gasteiger charge is -2.10. The highest BCUT2D eigenvalue weighted by Gasteiger charge is 2.25. The highest BCUT2D eigenvalue weighted by molar-refractivity contribution is 5.23. The highest BCUT2D eigenvalue weighted by atomic mass is 14.3. The van der Waals surface area contributed by atoms with E-state index < -0.39 is 0 Å². The van der Waals surface area contributed by atoms with Crippen LogP contribution in [0.3, 0.4) is 0 Å². The van der Waals surface area contributed by atoms with Gasteiger partial charge in [0.25, 0.3) is 0 Å². The Morgan fingerprint density at radius 2 is 1.89 bits per heavy atom. The van der Waals surface area contributed by atoms with Crippen LogP contribution in [0.5, 0.6) is 0 Å². The Labute approximate surface area is 58.0 Å². The smallest absolute Gasteiger partial charge is 0.0194 e. The molecule has 0 aliphatic heterocycles. The van der Waals surface area contributed by atoms with Gasteiger partial charge in [0, 0.05) is 0 Å². The van der Waals surface area contributed by atoms with Crippen LogP contribution in [0.2, 0.25) is 0 Å². The largest absolute Gasteiger partial charge is 0.0796 e.